The fraction of sp³-hybridized carbons (Fsp3) is 0.611. The Morgan fingerprint density at radius 2 is 1.96 bits per heavy atom. The number of carbonyl (C=O) groups excluding carboxylic acids is 1. The van der Waals surface area contributed by atoms with Crippen LogP contribution in [0.5, 0.6) is 0 Å². The molecule has 5 nitrogen and oxygen atoms in total. The first-order chi connectivity index (χ1) is 11.1. The summed E-state index contributed by atoms with van der Waals surface area (Å²) in [5, 5.41) is 3.05. The van der Waals surface area contributed by atoms with Crippen LogP contribution < -0.4 is 11.1 Å². The van der Waals surface area contributed by atoms with Gasteiger partial charge in [0.1, 0.15) is 0 Å². The van der Waals surface area contributed by atoms with Gasteiger partial charge in [0, 0.05) is 19.6 Å². The maximum atomic E-state index is 12.3. The van der Waals surface area contributed by atoms with Crippen LogP contribution in [0, 0.1) is 5.92 Å². The number of benzene rings is 1. The third-order valence-corrected chi connectivity index (χ3v) is 4.70. The summed E-state index contributed by atoms with van der Waals surface area (Å²) in [6, 6.07) is 10.0. The second kappa shape index (κ2) is 9.01. The Labute approximate surface area is 139 Å². The highest BCUT2D eigenvalue weighted by Gasteiger charge is 2.25. The summed E-state index contributed by atoms with van der Waals surface area (Å²) in [4.78, 5) is 14.7. The van der Waals surface area contributed by atoms with Crippen LogP contribution in [0.15, 0.2) is 30.3 Å². The van der Waals surface area contributed by atoms with E-state index < -0.39 is 6.04 Å². The second-order valence-corrected chi connectivity index (χ2v) is 6.23. The monoisotopic (exact) mass is 319 g/mol. The van der Waals surface area contributed by atoms with Crippen molar-refractivity contribution in [3.63, 3.8) is 0 Å². The lowest BCUT2D eigenvalue weighted by Gasteiger charge is -2.35. The van der Waals surface area contributed by atoms with Crippen LogP contribution in [0.2, 0.25) is 0 Å². The lowest BCUT2D eigenvalue weighted by atomic mass is 9.99. The van der Waals surface area contributed by atoms with Crippen LogP contribution in [0.4, 0.5) is 0 Å². The largest absolute Gasteiger partial charge is 0.379 e. The average molecular weight is 319 g/mol. The number of hydrogen-bond donors (Lipinski definition) is 2. The zero-order valence-electron chi connectivity index (χ0n) is 14.2. The Bertz CT molecular complexity index is 474. The summed E-state index contributed by atoms with van der Waals surface area (Å²) in [6.07, 6.45) is 0.903. The van der Waals surface area contributed by atoms with Gasteiger partial charge in [-0.2, -0.15) is 0 Å². The molecule has 0 radical (unpaired) electrons. The molecule has 1 fully saturated rings. The van der Waals surface area contributed by atoms with Gasteiger partial charge in [-0.3, -0.25) is 9.69 Å². The molecule has 3 unspecified atom stereocenters. The van der Waals surface area contributed by atoms with Gasteiger partial charge in [0.25, 0.3) is 0 Å². The molecule has 128 valence electrons. The normalized spacial score (nSPS) is 19.8. The molecule has 1 saturated heterocycles. The summed E-state index contributed by atoms with van der Waals surface area (Å²) in [5.74, 6) is 0.127. The van der Waals surface area contributed by atoms with Gasteiger partial charge in [-0.25, -0.2) is 0 Å². The molecule has 0 bridgehead atoms. The molecule has 1 amide bonds. The summed E-state index contributed by atoms with van der Waals surface area (Å²) < 4.78 is 5.45. The highest BCUT2D eigenvalue weighted by molar-refractivity contribution is 5.81. The van der Waals surface area contributed by atoms with Crippen molar-refractivity contribution in [1.82, 2.24) is 10.2 Å². The van der Waals surface area contributed by atoms with Gasteiger partial charge in [0.2, 0.25) is 5.91 Å². The minimum absolute atomic E-state index is 0.0615. The maximum Gasteiger partial charge on any atom is 0.237 e. The molecule has 0 spiro atoms. The smallest absolute Gasteiger partial charge is 0.237 e. The van der Waals surface area contributed by atoms with Crippen LogP contribution in [0.25, 0.3) is 0 Å². The lowest BCUT2D eigenvalue weighted by molar-refractivity contribution is -0.123. The molecular weight excluding hydrogens is 290 g/mol. The third-order valence-electron chi connectivity index (χ3n) is 4.70. The molecule has 0 saturated carbocycles. The molecule has 3 N–H and O–H groups in total. The number of hydrogen-bond acceptors (Lipinski definition) is 4. The number of rotatable bonds is 7. The van der Waals surface area contributed by atoms with Crippen LogP contribution in [-0.4, -0.2) is 49.7 Å². The first-order valence-electron chi connectivity index (χ1n) is 8.53. The first-order valence-corrected chi connectivity index (χ1v) is 8.53. The molecule has 1 heterocycles. The van der Waals surface area contributed by atoms with Gasteiger partial charge in [-0.05, 0) is 11.5 Å². The molecule has 23 heavy (non-hydrogen) atoms. The van der Waals surface area contributed by atoms with E-state index in [0.29, 0.717) is 6.54 Å². The van der Waals surface area contributed by atoms with Crippen LogP contribution in [0.1, 0.15) is 31.9 Å². The summed E-state index contributed by atoms with van der Waals surface area (Å²) in [5.41, 5.74) is 7.24. The van der Waals surface area contributed by atoms with E-state index in [4.69, 9.17) is 10.5 Å². The topological polar surface area (TPSA) is 67.6 Å². The van der Waals surface area contributed by atoms with E-state index in [2.05, 4.69) is 29.3 Å². The number of nitrogens with one attached hydrogen (secondary N) is 1. The quantitative estimate of drug-likeness (QED) is 0.800. The van der Waals surface area contributed by atoms with Crippen molar-refractivity contribution in [2.24, 2.45) is 11.7 Å². The van der Waals surface area contributed by atoms with Crippen LogP contribution in [-0.2, 0) is 9.53 Å². The predicted molar refractivity (Wildman–Crippen MR) is 92.0 cm³/mol. The molecular formula is C18H29N3O2. The number of carbonyl (C=O) groups is 1. The average Bonchev–Trinajstić information content (AvgIpc) is 2.62. The van der Waals surface area contributed by atoms with Gasteiger partial charge in [-0.15, -0.1) is 0 Å². The highest BCUT2D eigenvalue weighted by atomic mass is 16.5. The van der Waals surface area contributed by atoms with Crippen molar-refractivity contribution >= 4 is 5.91 Å². The Morgan fingerprint density at radius 3 is 2.57 bits per heavy atom. The lowest BCUT2D eigenvalue weighted by Crippen LogP contribution is -2.48. The molecule has 5 heteroatoms. The van der Waals surface area contributed by atoms with Gasteiger partial charge in [0.15, 0.2) is 0 Å². The van der Waals surface area contributed by atoms with E-state index in [1.54, 1.807) is 0 Å². The van der Waals surface area contributed by atoms with E-state index in [-0.39, 0.29) is 17.9 Å². The summed E-state index contributed by atoms with van der Waals surface area (Å²) >= 11 is 0. The molecule has 3 atom stereocenters. The Morgan fingerprint density at radius 1 is 1.30 bits per heavy atom. The van der Waals surface area contributed by atoms with Gasteiger partial charge in [0.05, 0.1) is 25.3 Å². The van der Waals surface area contributed by atoms with Gasteiger partial charge < -0.3 is 15.8 Å². The fourth-order valence-corrected chi connectivity index (χ4v) is 2.85. The number of morpholine rings is 1. The minimum Gasteiger partial charge on any atom is -0.379 e. The first kappa shape index (κ1) is 17.9. The molecule has 0 aromatic heterocycles. The Kier molecular flexibility index (Phi) is 7.02. The van der Waals surface area contributed by atoms with E-state index in [9.17, 15) is 4.79 Å². The van der Waals surface area contributed by atoms with Crippen molar-refractivity contribution in [3.8, 4) is 0 Å². The van der Waals surface area contributed by atoms with Gasteiger partial charge in [-0.1, -0.05) is 50.6 Å². The standard InChI is InChI=1S/C18H29N3O2/c1-3-14(2)17(19)18(22)20-13-16(15-7-5-4-6-8-15)21-9-11-23-12-10-21/h4-8,14,16-17H,3,9-13,19H2,1-2H3,(H,20,22). The zero-order chi connectivity index (χ0) is 16.7. The predicted octanol–water partition coefficient (Wildman–Crippen LogP) is 1.55. The number of ether oxygens (including phenoxy) is 1. The van der Waals surface area contributed by atoms with Crippen molar-refractivity contribution in [2.45, 2.75) is 32.4 Å². The van der Waals surface area contributed by atoms with Crippen LogP contribution in [0.3, 0.4) is 0 Å². The summed E-state index contributed by atoms with van der Waals surface area (Å²) in [6.45, 7) is 7.89. The molecule has 2 rings (SSSR count). The summed E-state index contributed by atoms with van der Waals surface area (Å²) in [7, 11) is 0. The van der Waals surface area contributed by atoms with E-state index in [1.807, 2.05) is 25.1 Å². The number of amides is 1. The Hall–Kier alpha value is -1.43. The fourth-order valence-electron chi connectivity index (χ4n) is 2.85. The van der Waals surface area contributed by atoms with Gasteiger partial charge >= 0.3 is 0 Å². The van der Waals surface area contributed by atoms with E-state index in [1.165, 1.54) is 5.56 Å². The van der Waals surface area contributed by atoms with Crippen molar-refractivity contribution in [1.29, 1.82) is 0 Å². The molecule has 1 aliphatic rings. The molecule has 0 aliphatic carbocycles. The number of nitrogens with zero attached hydrogens (tertiary/aromatic N) is 1. The Balaban J connectivity index is 2.01. The van der Waals surface area contributed by atoms with Crippen molar-refractivity contribution < 1.29 is 9.53 Å². The number of nitrogens with two attached hydrogens (primary N) is 1. The SMILES string of the molecule is CCC(C)C(N)C(=O)NCC(c1ccccc1)N1CCOCC1. The highest BCUT2D eigenvalue weighted by Crippen LogP contribution is 2.21. The zero-order valence-corrected chi connectivity index (χ0v) is 14.2. The molecule has 1 aromatic rings. The third kappa shape index (κ3) is 5.03. The van der Waals surface area contributed by atoms with Crippen LogP contribution >= 0.6 is 0 Å². The molecule has 1 aliphatic heterocycles. The maximum absolute atomic E-state index is 12.3. The van der Waals surface area contributed by atoms with E-state index in [0.717, 1.165) is 32.7 Å². The second-order valence-electron chi connectivity index (χ2n) is 6.23. The molecule has 1 aromatic carbocycles. The minimum atomic E-state index is -0.443. The van der Waals surface area contributed by atoms with Crippen molar-refractivity contribution in [3.05, 3.63) is 35.9 Å². The van der Waals surface area contributed by atoms with E-state index >= 15 is 0 Å². The van der Waals surface area contributed by atoms with Crippen molar-refractivity contribution in [2.75, 3.05) is 32.8 Å².